The number of halogens is 1. The Morgan fingerprint density at radius 2 is 2.20 bits per heavy atom. The van der Waals surface area contributed by atoms with Gasteiger partial charge in [-0.05, 0) is 11.4 Å². The number of hydrogen-bond acceptors (Lipinski definition) is 5. The number of thiophene rings is 1. The highest BCUT2D eigenvalue weighted by molar-refractivity contribution is 7.89. The molecule has 0 aliphatic carbocycles. The molecule has 9 heteroatoms. The van der Waals surface area contributed by atoms with Gasteiger partial charge >= 0.3 is 0 Å². The summed E-state index contributed by atoms with van der Waals surface area (Å²) in [6, 6.07) is 3.79. The van der Waals surface area contributed by atoms with E-state index in [4.69, 9.17) is 11.6 Å². The second-order valence-electron chi connectivity index (χ2n) is 4.10. The Kier molecular flexibility index (Phi) is 3.59. The lowest BCUT2D eigenvalue weighted by molar-refractivity contribution is 0.466. The number of thiazole rings is 1. The van der Waals surface area contributed by atoms with Crippen molar-refractivity contribution in [2.24, 2.45) is 0 Å². The van der Waals surface area contributed by atoms with Gasteiger partial charge < -0.3 is 0 Å². The number of fused-ring (bicyclic) bond motifs is 1. The van der Waals surface area contributed by atoms with Crippen molar-refractivity contribution in [3.63, 3.8) is 0 Å². The lowest BCUT2D eigenvalue weighted by Gasteiger charge is -2.15. The number of imidazole rings is 1. The first-order valence-corrected chi connectivity index (χ1v) is 9.17. The molecule has 3 rings (SSSR count). The maximum absolute atomic E-state index is 12.6. The molecule has 5 nitrogen and oxygen atoms in total. The third kappa shape index (κ3) is 2.27. The first kappa shape index (κ1) is 14.0. The van der Waals surface area contributed by atoms with Crippen LogP contribution in [0, 0.1) is 0 Å². The highest BCUT2D eigenvalue weighted by Crippen LogP contribution is 2.28. The molecule has 3 heterocycles. The van der Waals surface area contributed by atoms with E-state index in [9.17, 15) is 8.42 Å². The fourth-order valence-electron chi connectivity index (χ4n) is 1.82. The minimum Gasteiger partial charge on any atom is -0.279 e. The van der Waals surface area contributed by atoms with E-state index in [1.165, 1.54) is 38.4 Å². The quantitative estimate of drug-likeness (QED) is 0.729. The van der Waals surface area contributed by atoms with Crippen molar-refractivity contribution in [1.29, 1.82) is 0 Å². The monoisotopic (exact) mass is 347 g/mol. The average molecular weight is 348 g/mol. The van der Waals surface area contributed by atoms with Crippen LogP contribution in [0.15, 0.2) is 34.1 Å². The molecule has 0 aliphatic rings. The summed E-state index contributed by atoms with van der Waals surface area (Å²) < 4.78 is 28.1. The van der Waals surface area contributed by atoms with E-state index in [1.54, 1.807) is 11.6 Å². The normalized spacial score (nSPS) is 12.6. The summed E-state index contributed by atoms with van der Waals surface area (Å²) >= 11 is 8.85. The Morgan fingerprint density at radius 1 is 1.40 bits per heavy atom. The zero-order chi connectivity index (χ0) is 14.3. The minimum absolute atomic E-state index is 0.00915. The van der Waals surface area contributed by atoms with Gasteiger partial charge in [-0.2, -0.15) is 4.31 Å². The lowest BCUT2D eigenvalue weighted by Crippen LogP contribution is -2.27. The third-order valence-corrected chi connectivity index (χ3v) is 6.61. The van der Waals surface area contributed by atoms with Gasteiger partial charge in [-0.1, -0.05) is 17.7 Å². The second kappa shape index (κ2) is 5.12. The van der Waals surface area contributed by atoms with Gasteiger partial charge in [0, 0.05) is 30.0 Å². The average Bonchev–Trinajstić information content (AvgIpc) is 3.05. The van der Waals surface area contributed by atoms with Crippen LogP contribution in [-0.2, 0) is 16.6 Å². The van der Waals surface area contributed by atoms with Gasteiger partial charge in [-0.25, -0.2) is 13.4 Å². The number of aromatic nitrogens is 2. The van der Waals surface area contributed by atoms with E-state index in [-0.39, 0.29) is 10.2 Å². The molecular formula is C11H10ClN3O2S3. The molecule has 0 amide bonds. The Hall–Kier alpha value is -0.930. The Morgan fingerprint density at radius 3 is 2.90 bits per heavy atom. The molecule has 0 spiro atoms. The predicted molar refractivity (Wildman–Crippen MR) is 81.1 cm³/mol. The second-order valence-corrected chi connectivity index (χ2v) is 8.33. The van der Waals surface area contributed by atoms with Crippen LogP contribution in [0.2, 0.25) is 5.15 Å². The van der Waals surface area contributed by atoms with Gasteiger partial charge in [0.05, 0.1) is 0 Å². The lowest BCUT2D eigenvalue weighted by atomic mass is 10.5. The zero-order valence-electron chi connectivity index (χ0n) is 10.4. The van der Waals surface area contributed by atoms with Crippen molar-refractivity contribution in [3.8, 4) is 0 Å². The van der Waals surface area contributed by atoms with Crippen molar-refractivity contribution in [1.82, 2.24) is 13.7 Å². The van der Waals surface area contributed by atoms with Gasteiger partial charge in [-0.15, -0.1) is 22.7 Å². The summed E-state index contributed by atoms with van der Waals surface area (Å²) in [7, 11) is -2.14. The molecule has 3 aromatic rings. The van der Waals surface area contributed by atoms with E-state index in [1.807, 2.05) is 17.5 Å². The molecule has 0 aromatic carbocycles. The first-order valence-electron chi connectivity index (χ1n) is 5.60. The highest BCUT2D eigenvalue weighted by atomic mass is 35.5. The largest absolute Gasteiger partial charge is 0.279 e. The third-order valence-electron chi connectivity index (χ3n) is 2.79. The summed E-state index contributed by atoms with van der Waals surface area (Å²) in [6.07, 6.45) is 1.66. The molecule has 0 saturated carbocycles. The van der Waals surface area contributed by atoms with Gasteiger partial charge in [0.25, 0.3) is 10.0 Å². The predicted octanol–water partition coefficient (Wildman–Crippen LogP) is 2.93. The molecule has 20 heavy (non-hydrogen) atoms. The van der Waals surface area contributed by atoms with E-state index in [0.29, 0.717) is 11.5 Å². The van der Waals surface area contributed by atoms with Crippen molar-refractivity contribution in [3.05, 3.63) is 39.1 Å². The molecule has 0 bridgehead atoms. The fourth-order valence-corrected chi connectivity index (χ4v) is 5.21. The Bertz CT molecular complexity index is 836. The van der Waals surface area contributed by atoms with Crippen LogP contribution in [0.1, 0.15) is 4.88 Å². The maximum Gasteiger partial charge on any atom is 0.262 e. The van der Waals surface area contributed by atoms with Crippen molar-refractivity contribution in [2.75, 3.05) is 7.05 Å². The van der Waals surface area contributed by atoms with Crippen molar-refractivity contribution in [2.45, 2.75) is 11.6 Å². The van der Waals surface area contributed by atoms with Crippen LogP contribution in [-0.4, -0.2) is 29.2 Å². The summed E-state index contributed by atoms with van der Waals surface area (Å²) in [4.78, 5) is 5.60. The zero-order valence-corrected chi connectivity index (χ0v) is 13.6. The van der Waals surface area contributed by atoms with E-state index < -0.39 is 10.0 Å². The molecule has 0 saturated heterocycles. The highest BCUT2D eigenvalue weighted by Gasteiger charge is 2.29. The van der Waals surface area contributed by atoms with Gasteiger partial charge in [0.2, 0.25) is 0 Å². The summed E-state index contributed by atoms with van der Waals surface area (Å²) in [5, 5.41) is 3.72. The molecule has 0 atom stereocenters. The molecule has 0 radical (unpaired) electrons. The van der Waals surface area contributed by atoms with Crippen LogP contribution >= 0.6 is 34.3 Å². The topological polar surface area (TPSA) is 54.7 Å². The number of nitrogens with zero attached hydrogens (tertiary/aromatic N) is 3. The van der Waals surface area contributed by atoms with Gasteiger partial charge in [0.15, 0.2) is 15.1 Å². The van der Waals surface area contributed by atoms with Crippen LogP contribution in [0.3, 0.4) is 0 Å². The molecular weight excluding hydrogens is 338 g/mol. The smallest absolute Gasteiger partial charge is 0.262 e. The van der Waals surface area contributed by atoms with E-state index in [0.717, 1.165) is 4.88 Å². The summed E-state index contributed by atoms with van der Waals surface area (Å²) in [5.41, 5.74) is 0. The summed E-state index contributed by atoms with van der Waals surface area (Å²) in [5.74, 6) is 0. The minimum atomic E-state index is -3.68. The van der Waals surface area contributed by atoms with Crippen molar-refractivity contribution < 1.29 is 8.42 Å². The SMILES string of the molecule is CN(Cc1cccs1)S(=O)(=O)c1c(Cl)nc2sccn12. The fraction of sp³-hybridized carbons (Fsp3) is 0.182. The number of sulfonamides is 1. The Labute approximate surface area is 129 Å². The Balaban J connectivity index is 2.02. The molecule has 0 aliphatic heterocycles. The molecule has 0 unspecified atom stereocenters. The molecule has 0 fully saturated rings. The van der Waals surface area contributed by atoms with Crippen LogP contribution in [0.25, 0.3) is 4.96 Å². The van der Waals surface area contributed by atoms with E-state index >= 15 is 0 Å². The maximum atomic E-state index is 12.6. The summed E-state index contributed by atoms with van der Waals surface area (Å²) in [6.45, 7) is 0.313. The van der Waals surface area contributed by atoms with Crippen LogP contribution in [0.4, 0.5) is 0 Å². The number of hydrogen-bond donors (Lipinski definition) is 0. The van der Waals surface area contributed by atoms with Gasteiger partial charge in [0.1, 0.15) is 0 Å². The first-order chi connectivity index (χ1) is 9.50. The molecule has 3 aromatic heterocycles. The molecule has 106 valence electrons. The van der Waals surface area contributed by atoms with Crippen LogP contribution in [0.5, 0.6) is 0 Å². The number of rotatable bonds is 4. The molecule has 0 N–H and O–H groups in total. The standard InChI is InChI=1S/C11H10ClN3O2S3/c1-14(7-8-3-2-5-18-8)20(16,17)10-9(12)13-11-15(10)4-6-19-11/h2-6H,7H2,1H3. The van der Waals surface area contributed by atoms with Crippen LogP contribution < -0.4 is 0 Å². The van der Waals surface area contributed by atoms with E-state index in [2.05, 4.69) is 4.98 Å². The van der Waals surface area contributed by atoms with Gasteiger partial charge in [-0.3, -0.25) is 4.40 Å². The van der Waals surface area contributed by atoms with Crippen molar-refractivity contribution >= 4 is 49.3 Å².